The average Bonchev–Trinajstić information content (AvgIpc) is 3.23. The van der Waals surface area contributed by atoms with Gasteiger partial charge in [0.15, 0.2) is 0 Å². The van der Waals surface area contributed by atoms with Crippen molar-refractivity contribution in [3.05, 3.63) is 97.0 Å². The molecule has 0 unspecified atom stereocenters. The van der Waals surface area contributed by atoms with Crippen LogP contribution in [0.4, 0.5) is 13.6 Å². The number of nitrogens with zero attached hydrogens (tertiary/aromatic N) is 3. The van der Waals surface area contributed by atoms with Gasteiger partial charge < -0.3 is 9.64 Å². The summed E-state index contributed by atoms with van der Waals surface area (Å²) in [7, 11) is 0. The average molecular weight is 498 g/mol. The fraction of sp³-hybridized carbons (Fsp3) is 0.240. The molecule has 0 spiro atoms. The number of carbonyl (C=O) groups is 1. The minimum Gasteiger partial charge on any atom is -0.450 e. The minimum absolute atomic E-state index is 0.0928. The van der Waals surface area contributed by atoms with E-state index < -0.39 is 29.0 Å². The SMILES string of the molecule is CCOC(=O)N1CCc2c(sc3c2c(=O)n(-c2ccc(F)cc2)c(=O)n3Cc2ccccc2F)C1. The second kappa shape index (κ2) is 9.10. The summed E-state index contributed by atoms with van der Waals surface area (Å²) in [5.74, 6) is -0.969. The molecule has 0 atom stereocenters. The summed E-state index contributed by atoms with van der Waals surface area (Å²) in [4.78, 5) is 42.3. The second-order valence-electron chi connectivity index (χ2n) is 8.13. The van der Waals surface area contributed by atoms with Crippen molar-refractivity contribution in [2.75, 3.05) is 13.2 Å². The molecular formula is C25H21F2N3O4S. The Morgan fingerprint density at radius 1 is 1.09 bits per heavy atom. The molecule has 0 radical (unpaired) electrons. The van der Waals surface area contributed by atoms with Crippen LogP contribution in [0, 0.1) is 11.6 Å². The number of ether oxygens (including phenoxy) is 1. The molecule has 35 heavy (non-hydrogen) atoms. The first-order chi connectivity index (χ1) is 16.9. The van der Waals surface area contributed by atoms with Crippen molar-refractivity contribution < 1.29 is 18.3 Å². The van der Waals surface area contributed by atoms with Gasteiger partial charge in [-0.3, -0.25) is 9.36 Å². The van der Waals surface area contributed by atoms with Crippen LogP contribution in [-0.2, 0) is 24.2 Å². The number of halogens is 2. The second-order valence-corrected chi connectivity index (χ2v) is 9.22. The van der Waals surface area contributed by atoms with Gasteiger partial charge in [-0.05, 0) is 49.2 Å². The summed E-state index contributed by atoms with van der Waals surface area (Å²) >= 11 is 1.24. The van der Waals surface area contributed by atoms with Gasteiger partial charge in [-0.25, -0.2) is 22.9 Å². The number of aromatic nitrogens is 2. The number of rotatable bonds is 4. The minimum atomic E-state index is -0.654. The highest BCUT2D eigenvalue weighted by atomic mass is 32.1. The molecule has 0 N–H and O–H groups in total. The van der Waals surface area contributed by atoms with Crippen LogP contribution in [0.25, 0.3) is 15.9 Å². The van der Waals surface area contributed by atoms with E-state index >= 15 is 0 Å². The zero-order valence-corrected chi connectivity index (χ0v) is 19.6. The topological polar surface area (TPSA) is 73.5 Å². The first-order valence-corrected chi connectivity index (χ1v) is 11.9. The first kappa shape index (κ1) is 23.0. The Balaban J connectivity index is 1.74. The Morgan fingerprint density at radius 2 is 1.83 bits per heavy atom. The zero-order valence-electron chi connectivity index (χ0n) is 18.8. The predicted octanol–water partition coefficient (Wildman–Crippen LogP) is 4.06. The van der Waals surface area contributed by atoms with Crippen LogP contribution in [-0.4, -0.2) is 33.3 Å². The van der Waals surface area contributed by atoms with Crippen LogP contribution in [0.15, 0.2) is 58.1 Å². The van der Waals surface area contributed by atoms with Gasteiger partial charge in [-0.1, -0.05) is 18.2 Å². The molecule has 10 heteroatoms. The van der Waals surface area contributed by atoms with Gasteiger partial charge in [0.1, 0.15) is 16.5 Å². The molecule has 0 bridgehead atoms. The van der Waals surface area contributed by atoms with E-state index in [4.69, 9.17) is 4.74 Å². The van der Waals surface area contributed by atoms with E-state index in [0.717, 1.165) is 15.0 Å². The van der Waals surface area contributed by atoms with E-state index in [1.165, 1.54) is 46.2 Å². The van der Waals surface area contributed by atoms with Crippen LogP contribution in [0.3, 0.4) is 0 Å². The Hall–Kier alpha value is -3.79. The van der Waals surface area contributed by atoms with Gasteiger partial charge in [-0.2, -0.15) is 0 Å². The number of carbonyl (C=O) groups excluding carboxylic acids is 1. The molecule has 1 amide bonds. The summed E-state index contributed by atoms with van der Waals surface area (Å²) in [5.41, 5.74) is 0.0876. The molecule has 7 nitrogen and oxygen atoms in total. The van der Waals surface area contributed by atoms with Crippen molar-refractivity contribution in [2.45, 2.75) is 26.4 Å². The van der Waals surface area contributed by atoms with Crippen LogP contribution in [0.2, 0.25) is 0 Å². The summed E-state index contributed by atoms with van der Waals surface area (Å²) in [5, 5.41) is 0.355. The van der Waals surface area contributed by atoms with Crippen molar-refractivity contribution in [3.8, 4) is 5.69 Å². The Bertz CT molecular complexity index is 1560. The summed E-state index contributed by atoms with van der Waals surface area (Å²) in [6.45, 7) is 2.49. The molecule has 3 heterocycles. The maximum Gasteiger partial charge on any atom is 0.410 e. The predicted molar refractivity (Wildman–Crippen MR) is 128 cm³/mol. The summed E-state index contributed by atoms with van der Waals surface area (Å²) < 4.78 is 35.5. The third kappa shape index (κ3) is 4.03. The van der Waals surface area contributed by atoms with E-state index in [9.17, 15) is 23.2 Å². The lowest BCUT2D eigenvalue weighted by Gasteiger charge is -2.25. The van der Waals surface area contributed by atoms with Crippen molar-refractivity contribution >= 4 is 27.6 Å². The third-order valence-corrected chi connectivity index (χ3v) is 7.26. The molecule has 4 aromatic rings. The van der Waals surface area contributed by atoms with Crippen molar-refractivity contribution in [2.24, 2.45) is 0 Å². The molecule has 2 aromatic heterocycles. The van der Waals surface area contributed by atoms with Gasteiger partial charge in [0.05, 0.1) is 30.8 Å². The maximum absolute atomic E-state index is 14.5. The molecule has 0 fully saturated rings. The highest BCUT2D eigenvalue weighted by Crippen LogP contribution is 2.33. The molecular weight excluding hydrogens is 476 g/mol. The fourth-order valence-corrected chi connectivity index (χ4v) is 5.68. The van der Waals surface area contributed by atoms with Crippen molar-refractivity contribution in [1.29, 1.82) is 0 Å². The standard InChI is InChI=1S/C25H21F2N3O4S/c1-2-34-25(33)28-12-11-18-20(14-28)35-23-21(18)22(31)30(17-9-7-16(26)8-10-17)24(32)29(23)13-15-5-3-4-6-19(15)27/h3-10H,2,11-14H2,1H3. The van der Waals surface area contributed by atoms with Crippen molar-refractivity contribution in [3.63, 3.8) is 0 Å². The quantitative estimate of drug-likeness (QED) is 0.426. The molecule has 2 aromatic carbocycles. The molecule has 180 valence electrons. The van der Waals surface area contributed by atoms with Gasteiger partial charge in [0.2, 0.25) is 0 Å². The number of amides is 1. The van der Waals surface area contributed by atoms with Crippen LogP contribution < -0.4 is 11.2 Å². The Kier molecular flexibility index (Phi) is 5.98. The van der Waals surface area contributed by atoms with E-state index in [2.05, 4.69) is 0 Å². The number of hydrogen-bond donors (Lipinski definition) is 0. The Labute approximate surface area is 202 Å². The molecule has 0 saturated heterocycles. The van der Waals surface area contributed by atoms with E-state index in [0.29, 0.717) is 28.7 Å². The van der Waals surface area contributed by atoms with E-state index in [1.54, 1.807) is 30.0 Å². The number of fused-ring (bicyclic) bond motifs is 3. The highest BCUT2D eigenvalue weighted by Gasteiger charge is 2.29. The zero-order chi connectivity index (χ0) is 24.7. The van der Waals surface area contributed by atoms with Gasteiger partial charge in [-0.15, -0.1) is 11.3 Å². The summed E-state index contributed by atoms with van der Waals surface area (Å²) in [6.07, 6.45) is -0.0341. The molecule has 1 aliphatic rings. The van der Waals surface area contributed by atoms with Crippen LogP contribution in [0.1, 0.15) is 22.9 Å². The summed E-state index contributed by atoms with van der Waals surface area (Å²) in [6, 6.07) is 11.2. The molecule has 5 rings (SSSR count). The van der Waals surface area contributed by atoms with Crippen LogP contribution in [0.5, 0.6) is 0 Å². The van der Waals surface area contributed by atoms with Gasteiger partial charge >= 0.3 is 11.8 Å². The number of benzene rings is 2. The lowest BCUT2D eigenvalue weighted by molar-refractivity contribution is 0.103. The van der Waals surface area contributed by atoms with Gasteiger partial charge in [0, 0.05) is 17.0 Å². The Morgan fingerprint density at radius 3 is 2.54 bits per heavy atom. The van der Waals surface area contributed by atoms with E-state index in [-0.39, 0.29) is 25.4 Å². The largest absolute Gasteiger partial charge is 0.450 e. The molecule has 0 aliphatic carbocycles. The molecule has 1 aliphatic heterocycles. The van der Waals surface area contributed by atoms with Crippen molar-refractivity contribution in [1.82, 2.24) is 14.0 Å². The highest BCUT2D eigenvalue weighted by molar-refractivity contribution is 7.18. The fourth-order valence-electron chi connectivity index (χ4n) is 4.33. The lowest BCUT2D eigenvalue weighted by Crippen LogP contribution is -2.39. The normalized spacial score (nSPS) is 13.2. The number of thiophene rings is 1. The van der Waals surface area contributed by atoms with Gasteiger partial charge in [0.25, 0.3) is 5.56 Å². The van der Waals surface area contributed by atoms with E-state index in [1.807, 2.05) is 0 Å². The smallest absolute Gasteiger partial charge is 0.410 e. The molecule has 0 saturated carbocycles. The monoisotopic (exact) mass is 497 g/mol. The maximum atomic E-state index is 14.5. The lowest BCUT2D eigenvalue weighted by atomic mass is 10.1. The third-order valence-electron chi connectivity index (χ3n) is 6.02. The number of hydrogen-bond acceptors (Lipinski definition) is 5. The van der Waals surface area contributed by atoms with Crippen LogP contribution >= 0.6 is 11.3 Å². The first-order valence-electron chi connectivity index (χ1n) is 11.1.